The second kappa shape index (κ2) is 16.4. The number of rotatable bonds is 10. The molecule has 0 spiro atoms. The van der Waals surface area contributed by atoms with E-state index in [4.69, 9.17) is 19.1 Å². The average Bonchev–Trinajstić information content (AvgIpc) is 4.02. The molecule has 14 heteroatoms. The second-order valence-corrected chi connectivity index (χ2v) is 14.9. The summed E-state index contributed by atoms with van der Waals surface area (Å²) in [5.41, 5.74) is 7.26. The van der Waals surface area contributed by atoms with E-state index in [1.807, 2.05) is 20.0 Å². The van der Waals surface area contributed by atoms with Crippen molar-refractivity contribution in [2.75, 3.05) is 27.3 Å². The topological polar surface area (TPSA) is 181 Å². The molecule has 0 unspecified atom stereocenters. The van der Waals surface area contributed by atoms with Crippen molar-refractivity contribution >= 4 is 24.0 Å². The molecule has 55 heavy (non-hydrogen) atoms. The summed E-state index contributed by atoms with van der Waals surface area (Å²) in [5, 5.41) is 8.30. The van der Waals surface area contributed by atoms with Crippen LogP contribution >= 0.6 is 0 Å². The van der Waals surface area contributed by atoms with Crippen molar-refractivity contribution in [3.05, 3.63) is 71.6 Å². The fourth-order valence-electron chi connectivity index (χ4n) is 8.15. The number of benzene rings is 2. The molecule has 2 aromatic carbocycles. The minimum Gasteiger partial charge on any atom is -0.453 e. The van der Waals surface area contributed by atoms with Crippen molar-refractivity contribution in [2.24, 2.45) is 5.92 Å². The number of carbonyl (C=O) groups is 4. The van der Waals surface area contributed by atoms with E-state index in [0.717, 1.165) is 96.6 Å². The van der Waals surface area contributed by atoms with Gasteiger partial charge in [-0.1, -0.05) is 62.7 Å². The molecule has 3 aliphatic rings. The molecular weight excluding hydrogens is 702 g/mol. The number of carbonyl (C=O) groups excluding carboxylic acids is 4. The Hall–Kier alpha value is -5.66. The van der Waals surface area contributed by atoms with Gasteiger partial charge in [-0.2, -0.15) is 0 Å². The number of amides is 4. The van der Waals surface area contributed by atoms with E-state index in [9.17, 15) is 19.2 Å². The number of aromatic nitrogens is 3. The zero-order chi connectivity index (χ0) is 38.6. The maximum absolute atomic E-state index is 13.2. The first-order valence-electron chi connectivity index (χ1n) is 19.2. The molecule has 290 valence electrons. The first-order valence-corrected chi connectivity index (χ1v) is 19.2. The van der Waals surface area contributed by atoms with Gasteiger partial charge in [0.25, 0.3) is 0 Å². The van der Waals surface area contributed by atoms with Crippen LogP contribution in [0, 0.1) is 5.92 Å². The monoisotopic (exact) mass is 751 g/mol. The highest BCUT2D eigenvalue weighted by Gasteiger charge is 2.36. The minimum atomic E-state index is -0.692. The van der Waals surface area contributed by atoms with Crippen molar-refractivity contribution < 1.29 is 33.1 Å². The normalized spacial score (nSPS) is 19.6. The van der Waals surface area contributed by atoms with Crippen LogP contribution in [-0.4, -0.2) is 83.2 Å². The van der Waals surface area contributed by atoms with Crippen LogP contribution in [-0.2, 0) is 31.9 Å². The number of aromatic amines is 1. The predicted molar refractivity (Wildman–Crippen MR) is 204 cm³/mol. The van der Waals surface area contributed by atoms with Crippen LogP contribution in [0.25, 0.3) is 33.7 Å². The van der Waals surface area contributed by atoms with E-state index >= 15 is 0 Å². The lowest BCUT2D eigenvalue weighted by atomic mass is 9.96. The van der Waals surface area contributed by atoms with Gasteiger partial charge < -0.3 is 39.7 Å². The third kappa shape index (κ3) is 8.08. The smallest absolute Gasteiger partial charge is 0.407 e. The fourth-order valence-corrected chi connectivity index (χ4v) is 8.15. The standard InChI is InChI=1S/C41H49N7O7/c1-23(2)35(47-41(52)54-4)38(50)45-30-10-6-9-29(30)37-42-21-32(44-37)25-15-13-24(14-16-25)26-17-18-28-27(20-26)8-5-11-31-36(28)55-39(46-31)33-12-7-19-48(33)34(49)22-43-40(51)53-3/h13-18,20-21,23,29-30,33,35H,5-12,19,22H2,1-4H3,(H,42,44)(H,43,51)(H,45,50)(H,47,52)/t29-,30+,33-,35-/m0/s1. The Bertz CT molecular complexity index is 2040. The molecule has 1 saturated carbocycles. The summed E-state index contributed by atoms with van der Waals surface area (Å²) in [4.78, 5) is 64.4. The molecular formula is C41H49N7O7. The molecule has 1 saturated heterocycles. The van der Waals surface area contributed by atoms with Gasteiger partial charge in [-0.25, -0.2) is 19.6 Å². The summed E-state index contributed by atoms with van der Waals surface area (Å²) in [6.45, 7) is 4.22. The van der Waals surface area contributed by atoms with Crippen molar-refractivity contribution in [1.29, 1.82) is 0 Å². The number of ether oxygens (including phenoxy) is 2. The van der Waals surface area contributed by atoms with Crippen molar-refractivity contribution in [3.63, 3.8) is 0 Å². The van der Waals surface area contributed by atoms with Crippen molar-refractivity contribution in [3.8, 4) is 33.7 Å². The third-order valence-electron chi connectivity index (χ3n) is 11.1. The van der Waals surface area contributed by atoms with Crippen LogP contribution in [0.3, 0.4) is 0 Å². The molecule has 2 fully saturated rings. The SMILES string of the molecule is COC(=O)NCC(=O)N1CCC[C@H]1c1nc2c(o1)-c1ccc(-c3ccc(-c4cnc([C@H]5CCC[C@H]5NC(=O)[C@@H](NC(=O)OC)C(C)C)[nH]4)cc3)cc1CCC2. The van der Waals surface area contributed by atoms with Crippen LogP contribution in [0.15, 0.2) is 53.1 Å². The van der Waals surface area contributed by atoms with E-state index in [0.29, 0.717) is 12.4 Å². The zero-order valence-corrected chi connectivity index (χ0v) is 31.8. The highest BCUT2D eigenvalue weighted by atomic mass is 16.5. The summed E-state index contributed by atoms with van der Waals surface area (Å²) >= 11 is 0. The molecule has 4 aromatic rings. The number of H-pyrrole nitrogens is 1. The van der Waals surface area contributed by atoms with Gasteiger partial charge in [0.1, 0.15) is 24.5 Å². The Morgan fingerprint density at radius 2 is 1.69 bits per heavy atom. The largest absolute Gasteiger partial charge is 0.453 e. The van der Waals surface area contributed by atoms with Gasteiger partial charge in [0, 0.05) is 24.1 Å². The summed E-state index contributed by atoms with van der Waals surface area (Å²) in [7, 11) is 2.55. The number of likely N-dealkylation sites (tertiary alicyclic amines) is 1. The van der Waals surface area contributed by atoms with Gasteiger partial charge in [0.15, 0.2) is 5.76 Å². The lowest BCUT2D eigenvalue weighted by Crippen LogP contribution is -2.52. The number of hydrogen-bond acceptors (Lipinski definition) is 9. The fraction of sp³-hybridized carbons (Fsp3) is 0.463. The molecule has 3 heterocycles. The summed E-state index contributed by atoms with van der Waals surface area (Å²) in [6.07, 6.45) is 7.48. The lowest BCUT2D eigenvalue weighted by molar-refractivity contribution is -0.131. The number of imidazole rings is 1. The van der Waals surface area contributed by atoms with Crippen LogP contribution in [0.5, 0.6) is 0 Å². The zero-order valence-electron chi connectivity index (χ0n) is 31.8. The molecule has 2 aliphatic carbocycles. The number of hydrogen-bond donors (Lipinski definition) is 4. The number of methoxy groups -OCH3 is 2. The van der Waals surface area contributed by atoms with E-state index in [1.165, 1.54) is 19.8 Å². The molecule has 1 aliphatic heterocycles. The van der Waals surface area contributed by atoms with Gasteiger partial charge in [0.2, 0.25) is 17.7 Å². The highest BCUT2D eigenvalue weighted by molar-refractivity contribution is 5.86. The highest BCUT2D eigenvalue weighted by Crippen LogP contribution is 2.40. The Morgan fingerprint density at radius 1 is 0.927 bits per heavy atom. The molecule has 0 bridgehead atoms. The quantitative estimate of drug-likeness (QED) is 0.150. The maximum atomic E-state index is 13.2. The van der Waals surface area contributed by atoms with Gasteiger partial charge in [-0.3, -0.25) is 9.59 Å². The number of alkyl carbamates (subject to hydrolysis) is 2. The van der Waals surface area contributed by atoms with Crippen LogP contribution in [0.4, 0.5) is 9.59 Å². The average molecular weight is 752 g/mol. The van der Waals surface area contributed by atoms with E-state index in [1.54, 1.807) is 4.90 Å². The molecule has 14 nitrogen and oxygen atoms in total. The maximum Gasteiger partial charge on any atom is 0.407 e. The first kappa shape index (κ1) is 37.6. The predicted octanol–water partition coefficient (Wildman–Crippen LogP) is 6.04. The van der Waals surface area contributed by atoms with Gasteiger partial charge in [0.05, 0.1) is 31.8 Å². The van der Waals surface area contributed by atoms with Gasteiger partial charge >= 0.3 is 12.2 Å². The van der Waals surface area contributed by atoms with E-state index < -0.39 is 18.2 Å². The number of aryl methyl sites for hydroxylation is 2. The number of oxazole rings is 1. The van der Waals surface area contributed by atoms with E-state index in [2.05, 4.69) is 68.1 Å². The molecule has 0 radical (unpaired) electrons. The summed E-state index contributed by atoms with van der Waals surface area (Å²) in [5.74, 6) is 1.68. The molecule has 4 N–H and O–H groups in total. The molecule has 2 aromatic heterocycles. The third-order valence-corrected chi connectivity index (χ3v) is 11.1. The Morgan fingerprint density at radius 3 is 2.45 bits per heavy atom. The lowest BCUT2D eigenvalue weighted by Gasteiger charge is -2.25. The van der Waals surface area contributed by atoms with Crippen molar-refractivity contribution in [2.45, 2.75) is 89.3 Å². The van der Waals surface area contributed by atoms with Crippen LogP contribution in [0.1, 0.15) is 87.3 Å². The van der Waals surface area contributed by atoms with Gasteiger partial charge in [-0.05, 0) is 73.1 Å². The Labute approximate surface area is 320 Å². The van der Waals surface area contributed by atoms with E-state index in [-0.39, 0.29) is 42.3 Å². The molecule has 4 amide bonds. The molecule has 4 atom stereocenters. The summed E-state index contributed by atoms with van der Waals surface area (Å²) < 4.78 is 15.8. The van der Waals surface area contributed by atoms with Crippen LogP contribution < -0.4 is 16.0 Å². The first-order chi connectivity index (χ1) is 26.6. The number of nitrogens with one attached hydrogen (secondary N) is 4. The van der Waals surface area contributed by atoms with Crippen molar-refractivity contribution in [1.82, 2.24) is 35.8 Å². The number of nitrogens with zero attached hydrogens (tertiary/aromatic N) is 3. The minimum absolute atomic E-state index is 0.0402. The second-order valence-electron chi connectivity index (χ2n) is 14.9. The number of fused-ring (bicyclic) bond motifs is 3. The molecule has 7 rings (SSSR count). The summed E-state index contributed by atoms with van der Waals surface area (Å²) in [6, 6.07) is 13.8. The van der Waals surface area contributed by atoms with Gasteiger partial charge in [-0.15, -0.1) is 0 Å². The Balaban J connectivity index is 1.03. The Kier molecular flexibility index (Phi) is 11.2. The van der Waals surface area contributed by atoms with Crippen LogP contribution in [0.2, 0.25) is 0 Å².